The first kappa shape index (κ1) is 12.6. The molecule has 90 valence electrons. The number of hydrogen-bond donors (Lipinski definition) is 0. The third-order valence-corrected chi connectivity index (χ3v) is 3.56. The molecule has 0 aliphatic heterocycles. The zero-order chi connectivity index (χ0) is 12.8. The summed E-state index contributed by atoms with van der Waals surface area (Å²) < 4.78 is 0. The summed E-state index contributed by atoms with van der Waals surface area (Å²) in [6, 6.07) is 22.7. The summed E-state index contributed by atoms with van der Waals surface area (Å²) in [5, 5.41) is 0. The Morgan fingerprint density at radius 2 is 1.44 bits per heavy atom. The second-order valence-corrected chi connectivity index (χ2v) is 4.74. The smallest absolute Gasteiger partial charge is 0.0177 e. The summed E-state index contributed by atoms with van der Waals surface area (Å²) in [6.45, 7) is 6.13. The summed E-state index contributed by atoms with van der Waals surface area (Å²) in [6.07, 6.45) is 4.06. The van der Waals surface area contributed by atoms with E-state index in [4.69, 9.17) is 0 Å². The summed E-state index contributed by atoms with van der Waals surface area (Å²) in [7, 11) is 0. The van der Waals surface area contributed by atoms with Gasteiger partial charge in [-0.1, -0.05) is 61.5 Å². The van der Waals surface area contributed by atoms with E-state index in [1.165, 1.54) is 11.1 Å². The van der Waals surface area contributed by atoms with Crippen LogP contribution >= 0.6 is 0 Å². The van der Waals surface area contributed by atoms with Crippen LogP contribution in [0.2, 0.25) is 0 Å². The second kappa shape index (κ2) is 5.68. The van der Waals surface area contributed by atoms with Crippen molar-refractivity contribution in [1.29, 1.82) is 0 Å². The van der Waals surface area contributed by atoms with E-state index < -0.39 is 0 Å². The molecule has 0 heteroatoms. The molecule has 0 saturated heterocycles. The number of hydrogen-bond acceptors (Lipinski definition) is 0. The minimum atomic E-state index is 0.0262. The average molecular weight is 234 g/mol. The average Bonchev–Trinajstić information content (AvgIpc) is 2.46. The standard InChI is InChI=1S/C18H18/c1-3-4-15-18(2,16-11-7-5-8-12-16)17-13-9-6-10-14-17/h3,7-14H,1,4,15H2,2H3. The van der Waals surface area contributed by atoms with Crippen molar-refractivity contribution in [2.24, 2.45) is 0 Å². The molecule has 2 radical (unpaired) electrons. The van der Waals surface area contributed by atoms with Gasteiger partial charge >= 0.3 is 0 Å². The van der Waals surface area contributed by atoms with Gasteiger partial charge < -0.3 is 0 Å². The van der Waals surface area contributed by atoms with E-state index in [-0.39, 0.29) is 5.41 Å². The van der Waals surface area contributed by atoms with E-state index in [9.17, 15) is 0 Å². The van der Waals surface area contributed by atoms with E-state index in [1.54, 1.807) is 0 Å². The Kier molecular flexibility index (Phi) is 3.99. The quantitative estimate of drug-likeness (QED) is 0.665. The van der Waals surface area contributed by atoms with Crippen molar-refractivity contribution in [1.82, 2.24) is 0 Å². The molecule has 0 bridgehead atoms. The van der Waals surface area contributed by atoms with Crippen molar-refractivity contribution in [2.45, 2.75) is 25.2 Å². The Hall–Kier alpha value is -1.82. The van der Waals surface area contributed by atoms with Crippen molar-refractivity contribution >= 4 is 0 Å². The van der Waals surface area contributed by atoms with Gasteiger partial charge in [0.1, 0.15) is 0 Å². The highest BCUT2D eigenvalue weighted by molar-refractivity contribution is 5.37. The van der Waals surface area contributed by atoms with Gasteiger partial charge in [-0.25, -0.2) is 0 Å². The molecular weight excluding hydrogens is 216 g/mol. The lowest BCUT2D eigenvalue weighted by molar-refractivity contribution is 0.525. The topological polar surface area (TPSA) is 0 Å². The maximum Gasteiger partial charge on any atom is 0.0177 e. The van der Waals surface area contributed by atoms with Crippen molar-refractivity contribution in [3.8, 4) is 0 Å². The molecule has 0 nitrogen and oxygen atoms in total. The molecule has 2 rings (SSSR count). The van der Waals surface area contributed by atoms with Crippen LogP contribution in [0.1, 0.15) is 30.9 Å². The fourth-order valence-electron chi connectivity index (χ4n) is 2.36. The third kappa shape index (κ3) is 2.53. The molecule has 0 spiro atoms. The predicted molar refractivity (Wildman–Crippen MR) is 76.4 cm³/mol. The zero-order valence-electron chi connectivity index (χ0n) is 10.8. The van der Waals surface area contributed by atoms with Crippen LogP contribution in [-0.2, 0) is 5.41 Å². The monoisotopic (exact) mass is 234 g/mol. The number of rotatable bonds is 5. The lowest BCUT2D eigenvalue weighted by Gasteiger charge is -2.30. The van der Waals surface area contributed by atoms with Gasteiger partial charge in [-0.15, -0.1) is 6.58 Å². The summed E-state index contributed by atoms with van der Waals surface area (Å²) in [5.74, 6) is 0. The minimum Gasteiger partial charge on any atom is -0.103 e. The van der Waals surface area contributed by atoms with Crippen LogP contribution in [0.4, 0.5) is 0 Å². The first-order valence-electron chi connectivity index (χ1n) is 6.31. The predicted octanol–water partition coefficient (Wildman–Crippen LogP) is 4.56. The Labute approximate surface area is 110 Å². The lowest BCUT2D eigenvalue weighted by atomic mass is 9.73. The normalized spacial score (nSPS) is 11.2. The molecule has 18 heavy (non-hydrogen) atoms. The maximum absolute atomic E-state index is 3.84. The fraction of sp³-hybridized carbons (Fsp3) is 0.222. The zero-order valence-corrected chi connectivity index (χ0v) is 10.8. The van der Waals surface area contributed by atoms with Crippen LogP contribution in [-0.4, -0.2) is 0 Å². The largest absolute Gasteiger partial charge is 0.103 e. The lowest BCUT2D eigenvalue weighted by Crippen LogP contribution is -2.23. The first-order chi connectivity index (χ1) is 8.77. The Morgan fingerprint density at radius 1 is 1.00 bits per heavy atom. The van der Waals surface area contributed by atoms with Crippen LogP contribution in [0.3, 0.4) is 0 Å². The first-order valence-corrected chi connectivity index (χ1v) is 6.31. The molecule has 0 aliphatic carbocycles. The molecule has 0 unspecified atom stereocenters. The van der Waals surface area contributed by atoms with Crippen LogP contribution in [0.5, 0.6) is 0 Å². The van der Waals surface area contributed by atoms with E-state index >= 15 is 0 Å². The molecule has 0 aliphatic rings. The molecule has 0 heterocycles. The fourth-order valence-corrected chi connectivity index (χ4v) is 2.36. The molecule has 0 saturated carbocycles. The van der Waals surface area contributed by atoms with Gasteiger partial charge in [-0.2, -0.15) is 0 Å². The van der Waals surface area contributed by atoms with Gasteiger partial charge in [0, 0.05) is 5.41 Å². The van der Waals surface area contributed by atoms with Gasteiger partial charge in [0.25, 0.3) is 0 Å². The molecule has 2 aromatic rings. The molecule has 0 N–H and O–H groups in total. The van der Waals surface area contributed by atoms with Crippen molar-refractivity contribution in [3.63, 3.8) is 0 Å². The molecule has 0 amide bonds. The highest BCUT2D eigenvalue weighted by Crippen LogP contribution is 2.36. The third-order valence-electron chi connectivity index (χ3n) is 3.56. The van der Waals surface area contributed by atoms with Gasteiger partial charge in [-0.05, 0) is 36.1 Å². The molecule has 0 fully saturated rings. The minimum absolute atomic E-state index is 0.0262. The van der Waals surface area contributed by atoms with Gasteiger partial charge in [0.15, 0.2) is 0 Å². The van der Waals surface area contributed by atoms with Crippen LogP contribution in [0.25, 0.3) is 0 Å². The second-order valence-electron chi connectivity index (χ2n) is 4.74. The summed E-state index contributed by atoms with van der Waals surface area (Å²) in [5.41, 5.74) is 2.68. The van der Waals surface area contributed by atoms with Crippen LogP contribution in [0.15, 0.2) is 61.2 Å². The van der Waals surface area contributed by atoms with E-state index in [1.807, 2.05) is 30.3 Å². The molecule has 2 aromatic carbocycles. The van der Waals surface area contributed by atoms with Gasteiger partial charge in [0.2, 0.25) is 0 Å². The van der Waals surface area contributed by atoms with Crippen molar-refractivity contribution in [3.05, 3.63) is 84.4 Å². The van der Waals surface area contributed by atoms with E-state index in [0.29, 0.717) is 0 Å². The number of benzene rings is 2. The SMILES string of the molecule is C=CCCC(C)(c1cc[c]cc1)c1cc[c]cc1. The summed E-state index contributed by atoms with van der Waals surface area (Å²) >= 11 is 0. The van der Waals surface area contributed by atoms with Gasteiger partial charge in [0.05, 0.1) is 0 Å². The number of allylic oxidation sites excluding steroid dienone is 1. The highest BCUT2D eigenvalue weighted by atomic mass is 14.3. The van der Waals surface area contributed by atoms with Crippen molar-refractivity contribution in [2.75, 3.05) is 0 Å². The molecular formula is C18H18. The van der Waals surface area contributed by atoms with E-state index in [0.717, 1.165) is 12.8 Å². The summed E-state index contributed by atoms with van der Waals surface area (Å²) in [4.78, 5) is 0. The van der Waals surface area contributed by atoms with Crippen molar-refractivity contribution < 1.29 is 0 Å². The maximum atomic E-state index is 3.84. The Balaban J connectivity index is 2.44. The van der Waals surface area contributed by atoms with Gasteiger partial charge in [-0.3, -0.25) is 0 Å². The Bertz CT molecular complexity index is 442. The molecule has 0 aromatic heterocycles. The highest BCUT2D eigenvalue weighted by Gasteiger charge is 2.27. The van der Waals surface area contributed by atoms with Crippen LogP contribution in [0, 0.1) is 12.1 Å². The molecule has 0 atom stereocenters. The van der Waals surface area contributed by atoms with E-state index in [2.05, 4.69) is 49.9 Å². The Morgan fingerprint density at radius 3 is 1.83 bits per heavy atom. The van der Waals surface area contributed by atoms with Crippen LogP contribution < -0.4 is 0 Å².